The van der Waals surface area contributed by atoms with Gasteiger partial charge in [-0.3, -0.25) is 0 Å². The van der Waals surface area contributed by atoms with Crippen molar-refractivity contribution in [1.82, 2.24) is 0 Å². The van der Waals surface area contributed by atoms with E-state index >= 15 is 0 Å². The van der Waals surface area contributed by atoms with Gasteiger partial charge in [-0.2, -0.15) is 0 Å². The predicted octanol–water partition coefficient (Wildman–Crippen LogP) is 7.84. The zero-order valence-electron chi connectivity index (χ0n) is 34.1. The minimum Gasteiger partial charge on any atom is -0.497 e. The molecule has 296 valence electrons. The van der Waals surface area contributed by atoms with Crippen LogP contribution in [0.4, 0.5) is 0 Å². The second kappa shape index (κ2) is 22.7. The molecule has 0 saturated carbocycles. The molecule has 0 unspecified atom stereocenters. The summed E-state index contributed by atoms with van der Waals surface area (Å²) in [5.41, 5.74) is 1.10. The molecule has 8 nitrogen and oxygen atoms in total. The summed E-state index contributed by atoms with van der Waals surface area (Å²) in [4.78, 5) is 0. The number of aliphatic hydroxyl groups excluding tert-OH is 1. The molecule has 3 aromatic rings. The normalized spacial score (nSPS) is 16.4. The molecule has 3 aromatic carbocycles. The van der Waals surface area contributed by atoms with E-state index in [0.717, 1.165) is 24.2 Å². The quantitative estimate of drug-likeness (QED) is 0.0533. The third-order valence-electron chi connectivity index (χ3n) is 10.6. The summed E-state index contributed by atoms with van der Waals surface area (Å²) in [6, 6.07) is 29.4. The van der Waals surface area contributed by atoms with Crippen LogP contribution >= 0.6 is 0 Å². The lowest BCUT2D eigenvalue weighted by Crippen LogP contribution is -2.67. The molecule has 0 aliphatic rings. The molecule has 0 heterocycles. The van der Waals surface area contributed by atoms with Crippen molar-refractivity contribution in [3.8, 4) is 5.75 Å². The summed E-state index contributed by atoms with van der Waals surface area (Å²) in [5.74, 6) is 1.09. The zero-order chi connectivity index (χ0) is 38.9. The third-order valence-corrected chi connectivity index (χ3v) is 15.6. The molecule has 0 amide bonds. The van der Waals surface area contributed by atoms with Crippen molar-refractivity contribution in [1.29, 1.82) is 0 Å². The van der Waals surface area contributed by atoms with Crippen molar-refractivity contribution in [3.05, 3.63) is 90.5 Å². The maximum atomic E-state index is 11.5. The number of aliphatic hydroxyl groups is 1. The molecule has 0 aliphatic heterocycles. The Morgan fingerprint density at radius 3 is 1.68 bits per heavy atom. The van der Waals surface area contributed by atoms with Crippen LogP contribution in [0.5, 0.6) is 5.75 Å². The van der Waals surface area contributed by atoms with Crippen molar-refractivity contribution in [3.63, 3.8) is 0 Å². The van der Waals surface area contributed by atoms with E-state index < -0.39 is 14.4 Å². The van der Waals surface area contributed by atoms with E-state index in [1.165, 1.54) is 10.4 Å². The highest BCUT2D eigenvalue weighted by molar-refractivity contribution is 6.99. The average molecular weight is 753 g/mol. The van der Waals surface area contributed by atoms with E-state index in [4.69, 9.17) is 32.8 Å². The van der Waals surface area contributed by atoms with Gasteiger partial charge in [0.05, 0.1) is 32.0 Å². The molecular weight excluding hydrogens is 685 g/mol. The second-order valence-electron chi connectivity index (χ2n) is 15.7. The Morgan fingerprint density at radius 2 is 1.17 bits per heavy atom. The van der Waals surface area contributed by atoms with Crippen LogP contribution < -0.4 is 15.1 Å². The van der Waals surface area contributed by atoms with Gasteiger partial charge in [-0.1, -0.05) is 121 Å². The first kappa shape index (κ1) is 44.8. The first-order valence-electron chi connectivity index (χ1n) is 19.2. The van der Waals surface area contributed by atoms with Crippen LogP contribution in [0.2, 0.25) is 5.04 Å². The Kier molecular flexibility index (Phi) is 19.2. The molecule has 53 heavy (non-hydrogen) atoms. The van der Waals surface area contributed by atoms with E-state index in [0.29, 0.717) is 26.2 Å². The lowest BCUT2D eigenvalue weighted by Gasteiger charge is -2.44. The monoisotopic (exact) mass is 752 g/mol. The standard InChI is InChI=1S/C44H68O8Si/c1-33(21-26-41(45)36(4)43(51-32-47-9)34(2)27-28-49-30-37-22-24-38(48-10)25-23-37)42(50-31-46-8)35(3)29-52-53(44(5,6)7,39-17-13-11-14-18-39)40-19-15-12-16-20-40/h11-20,22-25,33-36,41-43,45H,21,26-32H2,1-10H3/t33-,34+,35+,36-,41+,42-,43+/m0/s1. The molecular formula is C44H68O8Si. The van der Waals surface area contributed by atoms with Crippen molar-refractivity contribution >= 4 is 18.7 Å². The van der Waals surface area contributed by atoms with Crippen LogP contribution in [0.1, 0.15) is 73.3 Å². The highest BCUT2D eigenvalue weighted by atomic mass is 28.4. The lowest BCUT2D eigenvalue weighted by molar-refractivity contribution is -0.131. The van der Waals surface area contributed by atoms with Gasteiger partial charge in [0.25, 0.3) is 8.32 Å². The topological polar surface area (TPSA) is 84.8 Å². The Bertz CT molecular complexity index is 1340. The summed E-state index contributed by atoms with van der Waals surface area (Å²) >= 11 is 0. The van der Waals surface area contributed by atoms with Crippen LogP contribution in [0.25, 0.3) is 0 Å². The predicted molar refractivity (Wildman–Crippen MR) is 216 cm³/mol. The van der Waals surface area contributed by atoms with E-state index in [-0.39, 0.29) is 54.5 Å². The van der Waals surface area contributed by atoms with Gasteiger partial charge < -0.3 is 38.0 Å². The average Bonchev–Trinajstić information content (AvgIpc) is 3.16. The van der Waals surface area contributed by atoms with E-state index in [9.17, 15) is 5.11 Å². The van der Waals surface area contributed by atoms with Crippen molar-refractivity contribution < 1.29 is 38.0 Å². The van der Waals surface area contributed by atoms with Crippen LogP contribution in [0, 0.1) is 23.7 Å². The number of methoxy groups -OCH3 is 3. The summed E-state index contributed by atoms with van der Waals surface area (Å²) in [7, 11) is 2.24. The minimum absolute atomic E-state index is 0.0760. The molecule has 0 aromatic heterocycles. The van der Waals surface area contributed by atoms with Crippen molar-refractivity contribution in [2.45, 2.75) is 97.7 Å². The molecule has 0 bridgehead atoms. The van der Waals surface area contributed by atoms with E-state index in [1.54, 1.807) is 21.3 Å². The number of rotatable bonds is 25. The highest BCUT2D eigenvalue weighted by Gasteiger charge is 2.50. The number of hydrogen-bond donors (Lipinski definition) is 1. The van der Waals surface area contributed by atoms with Gasteiger partial charge in [0.2, 0.25) is 0 Å². The smallest absolute Gasteiger partial charge is 0.261 e. The van der Waals surface area contributed by atoms with Gasteiger partial charge in [-0.25, -0.2) is 0 Å². The lowest BCUT2D eigenvalue weighted by atomic mass is 9.83. The highest BCUT2D eigenvalue weighted by Crippen LogP contribution is 2.38. The fourth-order valence-electron chi connectivity index (χ4n) is 7.55. The molecule has 0 saturated heterocycles. The Balaban J connectivity index is 1.66. The van der Waals surface area contributed by atoms with Gasteiger partial charge in [-0.15, -0.1) is 0 Å². The fourth-order valence-corrected chi connectivity index (χ4v) is 12.2. The van der Waals surface area contributed by atoms with Gasteiger partial charge in [0.1, 0.15) is 19.3 Å². The number of ether oxygens (including phenoxy) is 6. The van der Waals surface area contributed by atoms with Gasteiger partial charge in [0.15, 0.2) is 0 Å². The first-order valence-corrected chi connectivity index (χ1v) is 21.1. The molecule has 3 rings (SSSR count). The summed E-state index contributed by atoms with van der Waals surface area (Å²) in [6.07, 6.45) is 1.31. The molecule has 1 N–H and O–H groups in total. The molecule has 0 fully saturated rings. The van der Waals surface area contributed by atoms with Crippen molar-refractivity contribution in [2.75, 3.05) is 48.1 Å². The van der Waals surface area contributed by atoms with Crippen LogP contribution in [-0.2, 0) is 34.7 Å². The van der Waals surface area contributed by atoms with Gasteiger partial charge in [0, 0.05) is 39.3 Å². The number of benzene rings is 3. The Labute approximate surface area is 321 Å². The van der Waals surface area contributed by atoms with Crippen LogP contribution in [0.3, 0.4) is 0 Å². The summed E-state index contributed by atoms with van der Waals surface area (Å²) < 4.78 is 41.8. The SMILES string of the molecule is COCO[C@H]([C@H](C)CO[Si](c1ccccc1)(c1ccccc1)C(C)(C)C)[C@@H](C)CC[C@@H](O)[C@H](C)[C@H](OCOC)[C@H](C)CCOCc1ccc(OC)cc1. The van der Waals surface area contributed by atoms with Gasteiger partial charge in [-0.05, 0) is 64.2 Å². The molecule has 0 aliphatic carbocycles. The second-order valence-corrected chi connectivity index (χ2v) is 20.0. The summed E-state index contributed by atoms with van der Waals surface area (Å²) in [6.45, 7) is 17.6. The molecule has 0 radical (unpaired) electrons. The van der Waals surface area contributed by atoms with E-state index in [2.05, 4.69) is 109 Å². The van der Waals surface area contributed by atoms with Crippen LogP contribution in [-0.4, -0.2) is 79.9 Å². The molecule has 0 spiro atoms. The largest absolute Gasteiger partial charge is 0.497 e. The Morgan fingerprint density at radius 1 is 0.642 bits per heavy atom. The first-order chi connectivity index (χ1) is 25.4. The maximum Gasteiger partial charge on any atom is 0.261 e. The van der Waals surface area contributed by atoms with Gasteiger partial charge >= 0.3 is 0 Å². The fraction of sp³-hybridized carbons (Fsp3) is 0.591. The maximum absolute atomic E-state index is 11.5. The third kappa shape index (κ3) is 13.0. The van der Waals surface area contributed by atoms with Crippen molar-refractivity contribution in [2.24, 2.45) is 23.7 Å². The Hall–Kier alpha value is -2.60. The number of hydrogen-bond acceptors (Lipinski definition) is 8. The molecule has 9 heteroatoms. The zero-order valence-corrected chi connectivity index (χ0v) is 35.1. The molecule has 7 atom stereocenters. The summed E-state index contributed by atoms with van der Waals surface area (Å²) in [5, 5.41) is 13.9. The van der Waals surface area contributed by atoms with E-state index in [1.807, 2.05) is 24.3 Å². The minimum atomic E-state index is -2.71. The van der Waals surface area contributed by atoms with Crippen LogP contribution in [0.15, 0.2) is 84.9 Å².